The number of aromatic nitrogens is 1. The molecule has 5 heterocycles. The Morgan fingerprint density at radius 1 is 0.810 bits per heavy atom. The number of esters is 1. The molecule has 9 rings (SSSR count). The van der Waals surface area contributed by atoms with Gasteiger partial charge in [0, 0.05) is 44.2 Å². The van der Waals surface area contributed by atoms with E-state index in [2.05, 4.69) is 34.1 Å². The number of benzene rings is 4. The number of nitrogens with one attached hydrogen (secondary N) is 1. The number of fused-ring (bicyclic) bond motifs is 4. The fourth-order valence-electron chi connectivity index (χ4n) is 9.88. The highest BCUT2D eigenvalue weighted by Crippen LogP contribution is 2.39. The van der Waals surface area contributed by atoms with Crippen LogP contribution in [0, 0.1) is 12.8 Å². The third-order valence-corrected chi connectivity index (χ3v) is 13.8. The summed E-state index contributed by atoms with van der Waals surface area (Å²) in [7, 11) is 0. The molecule has 11 heteroatoms. The number of aromatic amines is 1. The molecule has 2 amide bonds. The number of pyridine rings is 1. The summed E-state index contributed by atoms with van der Waals surface area (Å²) in [6.07, 6.45) is 5.64. The summed E-state index contributed by atoms with van der Waals surface area (Å²) in [5.41, 5.74) is 4.80. The Balaban J connectivity index is 0.842. The van der Waals surface area contributed by atoms with Gasteiger partial charge in [0.2, 0.25) is 17.4 Å². The Kier molecular flexibility index (Phi) is 13.7. The van der Waals surface area contributed by atoms with Crippen LogP contribution in [0.15, 0.2) is 108 Å². The predicted molar refractivity (Wildman–Crippen MR) is 243 cm³/mol. The maximum atomic E-state index is 14.1. The van der Waals surface area contributed by atoms with Crippen LogP contribution in [-0.2, 0) is 43.9 Å². The fraction of sp³-hybridized carbons (Fsp3) is 0.423. The van der Waals surface area contributed by atoms with Crippen molar-refractivity contribution in [2.75, 3.05) is 39.3 Å². The van der Waals surface area contributed by atoms with Crippen LogP contribution in [0.4, 0.5) is 0 Å². The van der Waals surface area contributed by atoms with Gasteiger partial charge in [-0.15, -0.1) is 0 Å². The number of carbonyl (C=O) groups excluding carboxylic acids is 3. The van der Waals surface area contributed by atoms with Crippen LogP contribution in [0.5, 0.6) is 5.75 Å². The Hall–Kier alpha value is -5.78. The number of piperidine rings is 4. The first kappa shape index (κ1) is 43.9. The highest BCUT2D eigenvalue weighted by molar-refractivity contribution is 5.87. The number of aromatic hydroxyl groups is 1. The largest absolute Gasteiger partial charge is 0.506 e. The SMILES string of the molecule is Cc1ccc(CN(CCCCC[C@H](O)c2ccc(O)c3[nH]c(=O)ccc23)C(=O)Cc2ccc(CC(=O)N3CCC(C(=O)O[C@H]4CN5CCC4CC5)(c4ccccc4)CC3)cc2)cc1. The molecule has 63 heavy (non-hydrogen) atoms. The Labute approximate surface area is 369 Å². The zero-order valence-electron chi connectivity index (χ0n) is 36.3. The number of aliphatic hydroxyl groups excluding tert-OH is 1. The van der Waals surface area contributed by atoms with E-state index in [1.807, 2.05) is 71.3 Å². The molecule has 1 aromatic heterocycles. The molecular weight excluding hydrogens is 793 g/mol. The molecule has 11 nitrogen and oxygen atoms in total. The van der Waals surface area contributed by atoms with Crippen LogP contribution in [0.2, 0.25) is 0 Å². The van der Waals surface area contributed by atoms with E-state index in [0.717, 1.165) is 79.6 Å². The van der Waals surface area contributed by atoms with Crippen molar-refractivity contribution in [3.8, 4) is 5.75 Å². The maximum Gasteiger partial charge on any atom is 0.317 e. The summed E-state index contributed by atoms with van der Waals surface area (Å²) in [5.74, 6) is 0.278. The van der Waals surface area contributed by atoms with E-state index < -0.39 is 11.5 Å². The number of carbonyl (C=O) groups is 3. The van der Waals surface area contributed by atoms with E-state index in [-0.39, 0.29) is 48.0 Å². The van der Waals surface area contributed by atoms with Gasteiger partial charge in [-0.05, 0) is 104 Å². The smallest absolute Gasteiger partial charge is 0.317 e. The summed E-state index contributed by atoms with van der Waals surface area (Å²) < 4.78 is 6.33. The number of aryl methyl sites for hydroxylation is 1. The lowest BCUT2D eigenvalue weighted by Crippen LogP contribution is -2.55. The number of unbranched alkanes of at least 4 members (excludes halogenated alkanes) is 2. The lowest BCUT2D eigenvalue weighted by Gasteiger charge is -2.46. The fourth-order valence-corrected chi connectivity index (χ4v) is 9.88. The first-order valence-corrected chi connectivity index (χ1v) is 22.8. The van der Waals surface area contributed by atoms with Crippen molar-refractivity contribution in [3.63, 3.8) is 0 Å². The van der Waals surface area contributed by atoms with Crippen molar-refractivity contribution < 1.29 is 29.3 Å². The van der Waals surface area contributed by atoms with Gasteiger partial charge < -0.3 is 29.7 Å². The summed E-state index contributed by atoms with van der Waals surface area (Å²) in [6, 6.07) is 32.1. The molecule has 0 radical (unpaired) electrons. The van der Waals surface area contributed by atoms with E-state index in [1.165, 1.54) is 12.1 Å². The molecule has 330 valence electrons. The first-order chi connectivity index (χ1) is 30.5. The number of hydrogen-bond acceptors (Lipinski definition) is 8. The van der Waals surface area contributed by atoms with Gasteiger partial charge in [0.15, 0.2) is 0 Å². The number of aliphatic hydroxyl groups is 1. The molecule has 0 saturated carbocycles. The van der Waals surface area contributed by atoms with Crippen LogP contribution < -0.4 is 5.56 Å². The molecule has 4 aliphatic rings. The average Bonchev–Trinajstić information content (AvgIpc) is 3.30. The third kappa shape index (κ3) is 10.4. The molecule has 4 aromatic carbocycles. The van der Waals surface area contributed by atoms with Gasteiger partial charge in [0.1, 0.15) is 11.9 Å². The van der Waals surface area contributed by atoms with Crippen LogP contribution in [0.25, 0.3) is 10.9 Å². The lowest BCUT2D eigenvalue weighted by atomic mass is 9.72. The summed E-state index contributed by atoms with van der Waals surface area (Å²) >= 11 is 0. The highest BCUT2D eigenvalue weighted by atomic mass is 16.5. The topological polar surface area (TPSA) is 143 Å². The number of phenolic OH excluding ortho intramolecular Hbond substituents is 1. The Bertz CT molecular complexity index is 2420. The highest BCUT2D eigenvalue weighted by Gasteiger charge is 2.47. The molecule has 0 unspecified atom stereocenters. The molecule has 2 atom stereocenters. The molecule has 5 aromatic rings. The average molecular weight is 853 g/mol. The first-order valence-electron chi connectivity index (χ1n) is 22.8. The number of rotatable bonds is 16. The van der Waals surface area contributed by atoms with Gasteiger partial charge in [0.25, 0.3) is 0 Å². The van der Waals surface area contributed by atoms with Gasteiger partial charge >= 0.3 is 5.97 Å². The maximum absolute atomic E-state index is 14.1. The number of phenols is 1. The molecule has 4 fully saturated rings. The summed E-state index contributed by atoms with van der Waals surface area (Å²) in [6.45, 7) is 7.03. The molecule has 4 aliphatic heterocycles. The van der Waals surface area contributed by atoms with Crippen LogP contribution in [0.3, 0.4) is 0 Å². The number of hydrogen-bond donors (Lipinski definition) is 3. The Morgan fingerprint density at radius 2 is 1.49 bits per heavy atom. The van der Waals surface area contributed by atoms with E-state index in [4.69, 9.17) is 4.74 Å². The van der Waals surface area contributed by atoms with Crippen LogP contribution in [-0.4, -0.2) is 93.1 Å². The van der Waals surface area contributed by atoms with E-state index >= 15 is 0 Å². The monoisotopic (exact) mass is 852 g/mol. The van der Waals surface area contributed by atoms with Crippen LogP contribution >= 0.6 is 0 Å². The second-order valence-corrected chi connectivity index (χ2v) is 18.0. The van der Waals surface area contributed by atoms with Crippen molar-refractivity contribution in [1.82, 2.24) is 19.7 Å². The number of H-pyrrole nitrogens is 1. The van der Waals surface area contributed by atoms with Crippen molar-refractivity contribution in [3.05, 3.63) is 147 Å². The van der Waals surface area contributed by atoms with Crippen molar-refractivity contribution in [2.45, 2.75) is 95.3 Å². The number of ether oxygens (including phenoxy) is 1. The van der Waals surface area contributed by atoms with Gasteiger partial charge in [-0.25, -0.2) is 0 Å². The minimum Gasteiger partial charge on any atom is -0.506 e. The second kappa shape index (κ2) is 19.7. The molecule has 0 aliphatic carbocycles. The quantitative estimate of drug-likeness (QED) is 0.0702. The van der Waals surface area contributed by atoms with E-state index in [1.54, 1.807) is 12.1 Å². The van der Waals surface area contributed by atoms with E-state index in [9.17, 15) is 29.4 Å². The van der Waals surface area contributed by atoms with Crippen LogP contribution in [0.1, 0.15) is 90.9 Å². The predicted octanol–water partition coefficient (Wildman–Crippen LogP) is 7.15. The second-order valence-electron chi connectivity index (χ2n) is 18.0. The number of nitrogens with zero attached hydrogens (tertiary/aromatic N) is 3. The normalized spacial score (nSPS) is 19.7. The van der Waals surface area contributed by atoms with Crippen molar-refractivity contribution >= 4 is 28.7 Å². The Morgan fingerprint density at radius 3 is 2.17 bits per heavy atom. The minimum atomic E-state index is -0.775. The van der Waals surface area contributed by atoms with Gasteiger partial charge in [-0.1, -0.05) is 103 Å². The third-order valence-electron chi connectivity index (χ3n) is 13.8. The molecule has 4 saturated heterocycles. The molecule has 3 N–H and O–H groups in total. The summed E-state index contributed by atoms with van der Waals surface area (Å²) in [5, 5.41) is 21.9. The molecule has 0 spiro atoms. The lowest BCUT2D eigenvalue weighted by molar-refractivity contribution is -0.168. The zero-order chi connectivity index (χ0) is 43.9. The van der Waals surface area contributed by atoms with Gasteiger partial charge in [-0.3, -0.25) is 24.1 Å². The molecular formula is C52H60N4O7. The number of likely N-dealkylation sites (tertiary alicyclic amines) is 1. The number of amides is 2. The van der Waals surface area contributed by atoms with E-state index in [0.29, 0.717) is 67.8 Å². The molecule has 2 bridgehead atoms. The van der Waals surface area contributed by atoms with Crippen molar-refractivity contribution in [1.29, 1.82) is 0 Å². The summed E-state index contributed by atoms with van der Waals surface area (Å²) in [4.78, 5) is 62.3. The minimum absolute atomic E-state index is 0.0197. The van der Waals surface area contributed by atoms with Gasteiger partial charge in [0.05, 0.1) is 29.9 Å². The zero-order valence-corrected chi connectivity index (χ0v) is 36.3. The standard InChI is InChI=1S/C52H60N4O7/c1-36-11-13-39(14-12-36)34-56(27-7-3-6-10-44(57)42-19-21-45(58)50-43(42)20-22-47(59)53-50)49(61)33-38-17-15-37(16-18-38)32-48(60)55-30-25-52(26-31-55,41-8-4-2-5-9-41)51(62)63-46-35-54-28-23-40(46)24-29-54/h2,4-5,8-9,11-22,40,44,46,57-58H,3,6-7,10,23-35H2,1H3,(H,53,59)/t44-,46-/m0/s1. The van der Waals surface area contributed by atoms with Crippen molar-refractivity contribution in [2.24, 2.45) is 5.92 Å². The van der Waals surface area contributed by atoms with Gasteiger partial charge in [-0.2, -0.15) is 0 Å².